The van der Waals surface area contributed by atoms with Gasteiger partial charge in [-0.25, -0.2) is 4.85 Å². The second-order valence-electron chi connectivity index (χ2n) is 6.55. The first-order valence-corrected chi connectivity index (χ1v) is 8.18. The first-order chi connectivity index (χ1) is 11.9. The Hall–Kier alpha value is -2.88. The molecular formula is C18H20N4O3. The third-order valence-corrected chi connectivity index (χ3v) is 4.20. The van der Waals surface area contributed by atoms with E-state index < -0.39 is 5.60 Å². The lowest BCUT2D eigenvalue weighted by molar-refractivity contribution is -0.147. The summed E-state index contributed by atoms with van der Waals surface area (Å²) in [4.78, 5) is 22.4. The fourth-order valence-electron chi connectivity index (χ4n) is 2.99. The van der Waals surface area contributed by atoms with Gasteiger partial charge in [0.15, 0.2) is 17.1 Å². The number of rotatable bonds is 4. The van der Waals surface area contributed by atoms with Crippen LogP contribution in [0.3, 0.4) is 0 Å². The molecule has 0 aliphatic carbocycles. The summed E-state index contributed by atoms with van der Waals surface area (Å²) in [5.74, 6) is 1.46. The summed E-state index contributed by atoms with van der Waals surface area (Å²) in [5.41, 5.74) is -0.514. The van der Waals surface area contributed by atoms with E-state index in [0.29, 0.717) is 29.7 Å². The predicted molar refractivity (Wildman–Crippen MR) is 90.1 cm³/mol. The number of ether oxygens (including phenoxy) is 1. The van der Waals surface area contributed by atoms with Gasteiger partial charge in [0.25, 0.3) is 5.91 Å². The molecule has 2 aromatic rings. The average Bonchev–Trinajstić information content (AvgIpc) is 3.23. The van der Waals surface area contributed by atoms with Crippen LogP contribution in [0.2, 0.25) is 0 Å². The predicted octanol–water partition coefficient (Wildman–Crippen LogP) is 3.45. The van der Waals surface area contributed by atoms with Crippen molar-refractivity contribution in [3.8, 4) is 5.75 Å². The van der Waals surface area contributed by atoms with E-state index in [4.69, 9.17) is 15.8 Å². The lowest BCUT2D eigenvalue weighted by Gasteiger charge is -2.32. The first kappa shape index (κ1) is 17.0. The second kappa shape index (κ2) is 6.55. The molecule has 1 aliphatic rings. The van der Waals surface area contributed by atoms with E-state index >= 15 is 0 Å². The van der Waals surface area contributed by atoms with Gasteiger partial charge in [-0.2, -0.15) is 4.98 Å². The smallest absolute Gasteiger partial charge is 0.266 e. The van der Waals surface area contributed by atoms with Crippen LogP contribution in [0.1, 0.15) is 44.4 Å². The van der Waals surface area contributed by atoms with Crippen LogP contribution < -0.4 is 4.74 Å². The minimum absolute atomic E-state index is 0.125. The number of carbonyl (C=O) groups is 1. The van der Waals surface area contributed by atoms with Gasteiger partial charge in [0.05, 0.1) is 6.57 Å². The summed E-state index contributed by atoms with van der Waals surface area (Å²) in [6, 6.07) is 6.53. The monoisotopic (exact) mass is 340 g/mol. The first-order valence-electron chi connectivity index (χ1n) is 8.18. The zero-order valence-corrected chi connectivity index (χ0v) is 14.5. The number of hydrogen-bond acceptors (Lipinski definition) is 5. The lowest BCUT2D eigenvalue weighted by Crippen LogP contribution is -2.48. The van der Waals surface area contributed by atoms with Gasteiger partial charge in [0, 0.05) is 6.54 Å². The molecule has 25 heavy (non-hydrogen) atoms. The van der Waals surface area contributed by atoms with Crippen molar-refractivity contribution in [1.82, 2.24) is 15.0 Å². The highest BCUT2D eigenvalue weighted by molar-refractivity contribution is 5.85. The topological polar surface area (TPSA) is 72.8 Å². The molecule has 0 radical (unpaired) electrons. The van der Waals surface area contributed by atoms with Crippen molar-refractivity contribution in [2.75, 3.05) is 6.54 Å². The maximum Gasteiger partial charge on any atom is 0.266 e. The number of nitrogens with zero attached hydrogens (tertiary/aromatic N) is 4. The second-order valence-corrected chi connectivity index (χ2v) is 6.55. The van der Waals surface area contributed by atoms with Gasteiger partial charge in [-0.15, -0.1) is 0 Å². The largest absolute Gasteiger partial charge is 0.478 e. The Morgan fingerprint density at radius 1 is 1.40 bits per heavy atom. The van der Waals surface area contributed by atoms with E-state index in [2.05, 4.69) is 15.0 Å². The molecule has 0 N–H and O–H groups in total. The number of aromatic nitrogens is 2. The van der Waals surface area contributed by atoms with Gasteiger partial charge >= 0.3 is 0 Å². The maximum absolute atomic E-state index is 13.0. The highest BCUT2D eigenvalue weighted by atomic mass is 16.5. The SMILES string of the molecule is [C-]#[N+]c1ccc(OC(C)(C)C(=O)N2CCC[C@H]2c2nc(C)no2)cc1. The number of benzene rings is 1. The van der Waals surface area contributed by atoms with Crippen LogP contribution in [0.5, 0.6) is 5.75 Å². The minimum Gasteiger partial charge on any atom is -0.478 e. The van der Waals surface area contributed by atoms with Crippen LogP contribution in [0.15, 0.2) is 28.8 Å². The van der Waals surface area contributed by atoms with Gasteiger partial charge in [-0.05, 0) is 45.7 Å². The van der Waals surface area contributed by atoms with E-state index in [9.17, 15) is 4.79 Å². The number of aryl methyl sites for hydroxylation is 1. The van der Waals surface area contributed by atoms with Crippen LogP contribution in [0.25, 0.3) is 4.85 Å². The van der Waals surface area contributed by atoms with Gasteiger partial charge in [0.2, 0.25) is 5.89 Å². The fraction of sp³-hybridized carbons (Fsp3) is 0.444. The van der Waals surface area contributed by atoms with E-state index in [1.54, 1.807) is 49.9 Å². The molecule has 7 heteroatoms. The van der Waals surface area contributed by atoms with E-state index in [-0.39, 0.29) is 11.9 Å². The van der Waals surface area contributed by atoms with Gasteiger partial charge < -0.3 is 14.2 Å². The molecule has 1 aromatic heterocycles. The van der Waals surface area contributed by atoms with Crippen LogP contribution in [0, 0.1) is 13.5 Å². The molecule has 3 rings (SSSR count). The van der Waals surface area contributed by atoms with Gasteiger partial charge in [0.1, 0.15) is 11.8 Å². The standard InChI is InChI=1S/C18H20N4O3/c1-12-20-16(25-21-12)15-6-5-11-22(15)17(23)18(2,3)24-14-9-7-13(19-4)8-10-14/h7-10,15H,5-6,11H2,1-3H3/t15-/m0/s1. The van der Waals surface area contributed by atoms with E-state index in [0.717, 1.165) is 12.8 Å². The van der Waals surface area contributed by atoms with Gasteiger partial charge in [-0.3, -0.25) is 4.79 Å². The molecule has 130 valence electrons. The lowest BCUT2D eigenvalue weighted by atomic mass is 10.1. The molecule has 1 amide bonds. The Morgan fingerprint density at radius 2 is 2.12 bits per heavy atom. The Balaban J connectivity index is 1.76. The van der Waals surface area contributed by atoms with Crippen molar-refractivity contribution in [2.45, 2.75) is 45.3 Å². The van der Waals surface area contributed by atoms with Crippen molar-refractivity contribution >= 4 is 11.6 Å². The molecule has 0 saturated carbocycles. The van der Waals surface area contributed by atoms with Gasteiger partial charge in [-0.1, -0.05) is 17.3 Å². The summed E-state index contributed by atoms with van der Waals surface area (Å²) >= 11 is 0. The molecule has 7 nitrogen and oxygen atoms in total. The van der Waals surface area contributed by atoms with Crippen molar-refractivity contribution in [2.24, 2.45) is 0 Å². The molecule has 1 saturated heterocycles. The molecule has 0 spiro atoms. The van der Waals surface area contributed by atoms with Crippen molar-refractivity contribution in [3.05, 3.63) is 47.4 Å². The summed E-state index contributed by atoms with van der Waals surface area (Å²) in [7, 11) is 0. The van der Waals surface area contributed by atoms with Crippen LogP contribution in [-0.4, -0.2) is 33.1 Å². The molecule has 1 atom stereocenters. The summed E-state index contributed by atoms with van der Waals surface area (Å²) in [6.07, 6.45) is 1.68. The Bertz CT molecular complexity index is 804. The molecule has 0 bridgehead atoms. The number of amides is 1. The van der Waals surface area contributed by atoms with Crippen molar-refractivity contribution in [3.63, 3.8) is 0 Å². The number of likely N-dealkylation sites (tertiary alicyclic amines) is 1. The fourth-order valence-corrected chi connectivity index (χ4v) is 2.99. The summed E-state index contributed by atoms with van der Waals surface area (Å²) < 4.78 is 11.2. The highest BCUT2D eigenvalue weighted by Crippen LogP contribution is 2.34. The molecule has 1 aromatic carbocycles. The van der Waals surface area contributed by atoms with Crippen LogP contribution in [-0.2, 0) is 4.79 Å². The van der Waals surface area contributed by atoms with Crippen LogP contribution >= 0.6 is 0 Å². The van der Waals surface area contributed by atoms with Crippen molar-refractivity contribution in [1.29, 1.82) is 0 Å². The third kappa shape index (κ3) is 3.48. The number of carbonyl (C=O) groups excluding carboxylic acids is 1. The Kier molecular flexibility index (Phi) is 4.45. The summed E-state index contributed by atoms with van der Waals surface area (Å²) in [6.45, 7) is 12.9. The number of hydrogen-bond donors (Lipinski definition) is 0. The zero-order valence-electron chi connectivity index (χ0n) is 14.5. The third-order valence-electron chi connectivity index (χ3n) is 4.20. The quantitative estimate of drug-likeness (QED) is 0.797. The maximum atomic E-state index is 13.0. The normalized spacial score (nSPS) is 17.4. The highest BCUT2D eigenvalue weighted by Gasteiger charge is 2.41. The Morgan fingerprint density at radius 3 is 2.72 bits per heavy atom. The molecule has 2 heterocycles. The molecule has 1 aliphatic heterocycles. The molecular weight excluding hydrogens is 320 g/mol. The average molecular weight is 340 g/mol. The minimum atomic E-state index is -1.04. The zero-order chi connectivity index (χ0) is 18.0. The van der Waals surface area contributed by atoms with Crippen LogP contribution in [0.4, 0.5) is 5.69 Å². The van der Waals surface area contributed by atoms with Crippen molar-refractivity contribution < 1.29 is 14.1 Å². The Labute approximate surface area is 146 Å². The molecule has 0 unspecified atom stereocenters. The van der Waals surface area contributed by atoms with E-state index in [1.165, 1.54) is 0 Å². The van der Waals surface area contributed by atoms with E-state index in [1.807, 2.05) is 0 Å². The molecule has 1 fully saturated rings. The summed E-state index contributed by atoms with van der Waals surface area (Å²) in [5, 5.41) is 3.82.